The van der Waals surface area contributed by atoms with Crippen LogP contribution in [-0.2, 0) is 19.4 Å². The maximum atomic E-state index is 15.0. The van der Waals surface area contributed by atoms with E-state index in [1.165, 1.54) is 43.2 Å². The summed E-state index contributed by atoms with van der Waals surface area (Å²) in [6.45, 7) is 2.50. The number of aryl methyl sites for hydroxylation is 1. The van der Waals surface area contributed by atoms with E-state index in [0.717, 1.165) is 35.0 Å². The van der Waals surface area contributed by atoms with Gasteiger partial charge in [0.25, 0.3) is 11.5 Å². The minimum absolute atomic E-state index is 0.00345. The Hall–Kier alpha value is -5.68. The Bertz CT molecular complexity index is 2090. The first-order valence-corrected chi connectivity index (χ1v) is 14.2. The van der Waals surface area contributed by atoms with Gasteiger partial charge < -0.3 is 10.6 Å². The molecule has 0 aliphatic rings. The van der Waals surface area contributed by atoms with Gasteiger partial charge in [-0.2, -0.15) is 36.1 Å². The summed E-state index contributed by atoms with van der Waals surface area (Å²) >= 11 is 0. The van der Waals surface area contributed by atoms with E-state index in [2.05, 4.69) is 31.0 Å². The Kier molecular flexibility index (Phi) is 9.25. The summed E-state index contributed by atoms with van der Waals surface area (Å²) < 4.78 is 112. The molecule has 256 valence electrons. The van der Waals surface area contributed by atoms with Crippen LogP contribution in [0.4, 0.5) is 40.8 Å². The number of halogens is 8. The molecule has 3 aromatic heterocycles. The van der Waals surface area contributed by atoms with Crippen LogP contribution in [0.5, 0.6) is 0 Å². The van der Waals surface area contributed by atoms with E-state index in [1.54, 1.807) is 7.05 Å². The first kappa shape index (κ1) is 34.6. The van der Waals surface area contributed by atoms with E-state index in [9.17, 15) is 44.7 Å². The zero-order valence-electron chi connectivity index (χ0n) is 25.5. The molecule has 0 fully saturated rings. The Morgan fingerprint density at radius 2 is 1.43 bits per heavy atom. The van der Waals surface area contributed by atoms with E-state index in [1.807, 2.05) is 0 Å². The average molecular weight is 693 g/mol. The number of nitrogens with one attached hydrogen (secondary N) is 2. The number of anilines is 1. The maximum absolute atomic E-state index is 15.0. The van der Waals surface area contributed by atoms with Crippen molar-refractivity contribution in [3.05, 3.63) is 117 Å². The first-order chi connectivity index (χ1) is 23.0. The summed E-state index contributed by atoms with van der Waals surface area (Å²) in [5.74, 6) is -4.26. The van der Waals surface area contributed by atoms with Gasteiger partial charge in [0.05, 0.1) is 47.0 Å². The molecule has 0 bridgehead atoms. The fourth-order valence-electron chi connectivity index (χ4n) is 4.98. The number of alkyl halides is 6. The van der Waals surface area contributed by atoms with Gasteiger partial charge in [0, 0.05) is 36.0 Å². The smallest absolute Gasteiger partial charge is 0.374 e. The number of hydrogen-bond donors (Lipinski definition) is 2. The van der Waals surface area contributed by atoms with Crippen LogP contribution >= 0.6 is 0 Å². The zero-order valence-corrected chi connectivity index (χ0v) is 25.5. The van der Waals surface area contributed by atoms with Crippen molar-refractivity contribution < 1.29 is 39.9 Å². The number of pyridine rings is 1. The Balaban J connectivity index is 1.58. The number of amides is 1. The average Bonchev–Trinajstić information content (AvgIpc) is 3.46. The lowest BCUT2D eigenvalue weighted by Crippen LogP contribution is -2.33. The van der Waals surface area contributed by atoms with Gasteiger partial charge in [-0.3, -0.25) is 14.6 Å². The normalized spacial score (nSPS) is 13.2. The largest absolute Gasteiger partial charge is 0.419 e. The van der Waals surface area contributed by atoms with Gasteiger partial charge in [-0.15, -0.1) is 5.10 Å². The summed E-state index contributed by atoms with van der Waals surface area (Å²) in [4.78, 5) is 31.3. The molecule has 2 atom stereocenters. The predicted molar refractivity (Wildman–Crippen MR) is 158 cm³/mol. The van der Waals surface area contributed by atoms with Gasteiger partial charge in [0.15, 0.2) is 5.69 Å². The van der Waals surface area contributed by atoms with Gasteiger partial charge in [0.1, 0.15) is 17.3 Å². The summed E-state index contributed by atoms with van der Waals surface area (Å²) in [6, 6.07) is 4.94. The Labute approximate surface area is 271 Å². The third kappa shape index (κ3) is 7.12. The van der Waals surface area contributed by atoms with E-state index >= 15 is 0 Å². The van der Waals surface area contributed by atoms with Crippen LogP contribution in [0.3, 0.4) is 0 Å². The number of carbonyl (C=O) groups excluding carboxylic acids is 1. The van der Waals surface area contributed by atoms with Crippen LogP contribution in [-0.4, -0.2) is 35.7 Å². The molecule has 0 aliphatic carbocycles. The molecule has 0 saturated carbocycles. The van der Waals surface area contributed by atoms with Crippen molar-refractivity contribution in [2.75, 3.05) is 5.32 Å². The van der Waals surface area contributed by atoms with Crippen molar-refractivity contribution in [1.29, 1.82) is 0 Å². The van der Waals surface area contributed by atoms with Crippen LogP contribution in [0.25, 0.3) is 16.9 Å². The predicted octanol–water partition coefficient (Wildman–Crippen LogP) is 6.40. The third-order valence-electron chi connectivity index (χ3n) is 7.44. The minimum Gasteiger partial charge on any atom is -0.374 e. The summed E-state index contributed by atoms with van der Waals surface area (Å²) in [7, 11) is 1.59. The molecule has 1 amide bonds. The zero-order chi connectivity index (χ0) is 35.8. The van der Waals surface area contributed by atoms with Crippen molar-refractivity contribution in [3.63, 3.8) is 0 Å². The van der Waals surface area contributed by atoms with Gasteiger partial charge in [-0.1, -0.05) is 29.5 Å². The number of aromatic nitrogens is 6. The molecule has 2 aromatic carbocycles. The van der Waals surface area contributed by atoms with E-state index in [-0.39, 0.29) is 5.69 Å². The molecule has 0 radical (unpaired) electrons. The highest BCUT2D eigenvalue weighted by Gasteiger charge is 2.36. The van der Waals surface area contributed by atoms with Gasteiger partial charge >= 0.3 is 12.4 Å². The van der Waals surface area contributed by atoms with Crippen molar-refractivity contribution in [2.24, 2.45) is 7.05 Å². The SMILES string of the molecule is C[C@@H](NC(=O)c1cc(N[C@H](C)c2cccc(C(F)(F)F)c2F)c(=O)n(-c2cncc(-c3cnnn3C)c2)n1)c1cccc(C(F)(F)F)c1F. The van der Waals surface area contributed by atoms with Gasteiger partial charge in [-0.05, 0) is 32.0 Å². The quantitative estimate of drug-likeness (QED) is 0.181. The van der Waals surface area contributed by atoms with E-state index in [4.69, 9.17) is 0 Å². The fourth-order valence-corrected chi connectivity index (χ4v) is 4.98. The lowest BCUT2D eigenvalue weighted by Gasteiger charge is -2.20. The highest BCUT2D eigenvalue weighted by atomic mass is 19.4. The lowest BCUT2D eigenvalue weighted by molar-refractivity contribution is -0.141. The molecule has 2 N–H and O–H groups in total. The van der Waals surface area contributed by atoms with Crippen LogP contribution in [0.2, 0.25) is 0 Å². The molecule has 3 heterocycles. The maximum Gasteiger partial charge on any atom is 0.419 e. The van der Waals surface area contributed by atoms with E-state index in [0.29, 0.717) is 23.4 Å². The van der Waals surface area contributed by atoms with Gasteiger partial charge in [0.2, 0.25) is 0 Å². The third-order valence-corrected chi connectivity index (χ3v) is 7.44. The second-order valence-corrected chi connectivity index (χ2v) is 10.8. The molecule has 5 rings (SSSR count). The number of hydrogen-bond acceptors (Lipinski definition) is 7. The Morgan fingerprint density at radius 1 is 0.837 bits per heavy atom. The monoisotopic (exact) mass is 692 g/mol. The highest BCUT2D eigenvalue weighted by molar-refractivity contribution is 5.93. The van der Waals surface area contributed by atoms with Crippen molar-refractivity contribution in [3.8, 4) is 16.9 Å². The van der Waals surface area contributed by atoms with Crippen molar-refractivity contribution in [1.82, 2.24) is 35.1 Å². The summed E-state index contributed by atoms with van der Waals surface area (Å²) in [5, 5.41) is 16.7. The Morgan fingerprint density at radius 3 is 1.98 bits per heavy atom. The summed E-state index contributed by atoms with van der Waals surface area (Å²) in [6.07, 6.45) is -5.97. The number of benzene rings is 2. The van der Waals surface area contributed by atoms with Crippen molar-refractivity contribution >= 4 is 11.6 Å². The number of carbonyl (C=O) groups is 1. The first-order valence-electron chi connectivity index (χ1n) is 14.2. The molecule has 18 heteroatoms. The number of rotatable bonds is 8. The molecule has 5 aromatic rings. The number of nitrogens with zero attached hydrogens (tertiary/aromatic N) is 6. The molecule has 49 heavy (non-hydrogen) atoms. The van der Waals surface area contributed by atoms with Crippen LogP contribution in [0, 0.1) is 11.6 Å². The molecule has 0 aliphatic heterocycles. The lowest BCUT2D eigenvalue weighted by atomic mass is 10.0. The van der Waals surface area contributed by atoms with Crippen molar-refractivity contribution in [2.45, 2.75) is 38.3 Å². The topological polar surface area (TPSA) is 120 Å². The second-order valence-electron chi connectivity index (χ2n) is 10.8. The molecular weight excluding hydrogens is 668 g/mol. The standard InChI is InChI=1S/C31H24F8N8O2/c1-15(19-6-4-8-21(26(19)32)30(34,35)36)42-24-11-23(28(48)43-16(2)20-7-5-9-22(27(20)33)31(37,38)39)44-47(29(24)49)18-10-17(12-40-13-18)25-14-41-45-46(25)3/h4-16,42H,1-3H3,(H,43,48)/t15-,16-/m1/s1. The molecular formula is C31H24F8N8O2. The van der Waals surface area contributed by atoms with Crippen LogP contribution in [0.15, 0.2) is 71.9 Å². The fraction of sp³-hybridized carbons (Fsp3) is 0.226. The molecule has 0 saturated heterocycles. The molecule has 0 unspecified atom stereocenters. The van der Waals surface area contributed by atoms with Gasteiger partial charge in [-0.25, -0.2) is 13.5 Å². The minimum atomic E-state index is -5.01. The highest BCUT2D eigenvalue weighted by Crippen LogP contribution is 2.35. The summed E-state index contributed by atoms with van der Waals surface area (Å²) in [5.41, 5.74) is -5.02. The van der Waals surface area contributed by atoms with E-state index < -0.39 is 81.2 Å². The van der Waals surface area contributed by atoms with Crippen LogP contribution < -0.4 is 16.2 Å². The molecule has 0 spiro atoms. The second kappa shape index (κ2) is 13.1. The van der Waals surface area contributed by atoms with Crippen LogP contribution in [0.1, 0.15) is 58.7 Å². The molecule has 10 nitrogen and oxygen atoms in total.